The van der Waals surface area contributed by atoms with Gasteiger partial charge in [-0.1, -0.05) is 0 Å². The van der Waals surface area contributed by atoms with Crippen LogP contribution in [0.25, 0.3) is 0 Å². The first-order chi connectivity index (χ1) is 22.4. The topological polar surface area (TPSA) is 323 Å². The zero-order valence-electron chi connectivity index (χ0n) is 26.1. The smallest absolute Gasteiger partial charge is 0.303 e. The summed E-state index contributed by atoms with van der Waals surface area (Å²) in [7, 11) is 0. The molecule has 0 radical (unpaired) electrons. The van der Waals surface area contributed by atoms with Gasteiger partial charge in [0.2, 0.25) is 0 Å². The molecule has 1 fully saturated rings. The Morgan fingerprint density at radius 1 is 0.375 bits per heavy atom. The van der Waals surface area contributed by atoms with Crippen molar-refractivity contribution >= 4 is 47.8 Å². The van der Waals surface area contributed by atoms with E-state index in [0.29, 0.717) is 0 Å². The summed E-state index contributed by atoms with van der Waals surface area (Å²) in [5.74, 6) is -12.1. The number of hydrogen-bond acceptors (Lipinski definition) is 16. The molecular formula is C28H40N4O16-4. The van der Waals surface area contributed by atoms with E-state index in [-0.39, 0.29) is 52.4 Å². The van der Waals surface area contributed by atoms with Gasteiger partial charge in [-0.3, -0.25) is 38.8 Å². The van der Waals surface area contributed by atoms with E-state index < -0.39 is 123 Å². The van der Waals surface area contributed by atoms with Crippen LogP contribution in [0.5, 0.6) is 0 Å². The molecule has 20 heteroatoms. The quantitative estimate of drug-likeness (QED) is 0.0923. The number of carboxylic acid groups (broad SMARTS) is 8. The van der Waals surface area contributed by atoms with Gasteiger partial charge in [-0.15, -0.1) is 0 Å². The van der Waals surface area contributed by atoms with Crippen molar-refractivity contribution in [2.24, 2.45) is 0 Å². The Labute approximate surface area is 274 Å². The van der Waals surface area contributed by atoms with E-state index in [4.69, 9.17) is 20.4 Å². The molecule has 0 spiro atoms. The molecule has 1 heterocycles. The van der Waals surface area contributed by atoms with E-state index in [1.165, 1.54) is 19.6 Å². The van der Waals surface area contributed by atoms with E-state index in [1.54, 1.807) is 0 Å². The molecule has 0 bridgehead atoms. The second-order valence-corrected chi connectivity index (χ2v) is 11.2. The van der Waals surface area contributed by atoms with Crippen LogP contribution in [0.2, 0.25) is 0 Å². The number of rotatable bonds is 20. The monoisotopic (exact) mass is 688 g/mol. The van der Waals surface area contributed by atoms with Gasteiger partial charge in [0.15, 0.2) is 0 Å². The normalized spacial score (nSPS) is 18.7. The molecule has 0 aromatic carbocycles. The summed E-state index contributed by atoms with van der Waals surface area (Å²) in [6.07, 6.45) is -4.30. The summed E-state index contributed by atoms with van der Waals surface area (Å²) >= 11 is 0. The van der Waals surface area contributed by atoms with Crippen LogP contribution in [0.1, 0.15) is 51.4 Å². The molecule has 272 valence electrons. The molecule has 4 N–H and O–H groups in total. The molecule has 0 saturated carbocycles. The Kier molecular flexibility index (Phi) is 18.0. The first-order valence-corrected chi connectivity index (χ1v) is 15.1. The third-order valence-electron chi connectivity index (χ3n) is 8.08. The second-order valence-electron chi connectivity index (χ2n) is 11.2. The van der Waals surface area contributed by atoms with Crippen LogP contribution < -0.4 is 20.4 Å². The summed E-state index contributed by atoms with van der Waals surface area (Å²) in [6, 6.07) is -6.26. The molecule has 20 nitrogen and oxygen atoms in total. The molecule has 48 heavy (non-hydrogen) atoms. The van der Waals surface area contributed by atoms with Gasteiger partial charge in [-0.05, 0) is 25.7 Å². The number of nitrogens with zero attached hydrogens (tertiary/aromatic N) is 4. The van der Waals surface area contributed by atoms with Gasteiger partial charge in [-0.2, -0.15) is 0 Å². The first-order valence-electron chi connectivity index (χ1n) is 15.1. The van der Waals surface area contributed by atoms with Crippen molar-refractivity contribution in [1.29, 1.82) is 0 Å². The number of aliphatic carboxylic acids is 8. The Hall–Kier alpha value is -4.40. The summed E-state index contributed by atoms with van der Waals surface area (Å²) in [6.45, 7) is -2.47. The summed E-state index contributed by atoms with van der Waals surface area (Å²) in [4.78, 5) is 98.5. The molecule has 1 rings (SSSR count). The first kappa shape index (κ1) is 41.6. The average Bonchev–Trinajstić information content (AvgIpc) is 2.95. The van der Waals surface area contributed by atoms with E-state index in [0.717, 1.165) is 0 Å². The summed E-state index contributed by atoms with van der Waals surface area (Å²) < 4.78 is 0. The van der Waals surface area contributed by atoms with E-state index >= 15 is 0 Å². The van der Waals surface area contributed by atoms with Crippen LogP contribution in [-0.4, -0.2) is 164 Å². The number of carboxylic acids is 8. The van der Waals surface area contributed by atoms with Gasteiger partial charge < -0.3 is 60.0 Å². The maximum atomic E-state index is 12.2. The van der Waals surface area contributed by atoms with Crippen molar-refractivity contribution in [3.63, 3.8) is 0 Å². The zero-order chi connectivity index (χ0) is 36.6. The Balaban J connectivity index is 3.70. The fraction of sp³-hybridized carbons (Fsp3) is 0.714. The van der Waals surface area contributed by atoms with Gasteiger partial charge in [0, 0.05) is 102 Å². The third-order valence-corrected chi connectivity index (χ3v) is 8.08. The molecule has 4 atom stereocenters. The van der Waals surface area contributed by atoms with Gasteiger partial charge in [0.25, 0.3) is 0 Å². The standard InChI is InChI=1S/C28H44N4O16/c33-21(34)5-1-17(25(41)42)29-9-11-30(18(26(43)44)2-6-22(35)36)13-15-32(20(28(47)48)4-8-24(39)40)16-14-31(12-10-29)19(27(45)46)3-7-23(37)38/h17-20H,1-16H2,(H,33,34)(H,35,36)(H,37,38)(H,39,40)(H,41,42)(H,43,44)(H,45,46)(H,47,48)/p-4. The molecule has 1 aliphatic rings. The zero-order valence-corrected chi connectivity index (χ0v) is 26.1. The highest BCUT2D eigenvalue weighted by atomic mass is 16.4. The lowest BCUT2D eigenvalue weighted by Gasteiger charge is -2.42. The second kappa shape index (κ2) is 20.8. The lowest BCUT2D eigenvalue weighted by Crippen LogP contribution is -2.59. The lowest BCUT2D eigenvalue weighted by molar-refractivity contribution is -0.315. The van der Waals surface area contributed by atoms with Gasteiger partial charge in [0.05, 0.1) is 23.9 Å². The predicted octanol–water partition coefficient (Wildman–Crippen LogP) is -6.86. The van der Waals surface area contributed by atoms with Crippen LogP contribution in [0.4, 0.5) is 0 Å². The van der Waals surface area contributed by atoms with Crippen LogP contribution >= 0.6 is 0 Å². The van der Waals surface area contributed by atoms with Gasteiger partial charge in [-0.25, -0.2) is 0 Å². The number of carbonyl (C=O) groups excluding carboxylic acids is 4. The van der Waals surface area contributed by atoms with Crippen molar-refractivity contribution in [3.8, 4) is 0 Å². The van der Waals surface area contributed by atoms with Gasteiger partial charge in [0.1, 0.15) is 0 Å². The molecular weight excluding hydrogens is 648 g/mol. The Bertz CT molecular complexity index is 974. The number of carbonyl (C=O) groups is 8. The van der Waals surface area contributed by atoms with Crippen molar-refractivity contribution < 1.29 is 79.2 Å². The highest BCUT2D eigenvalue weighted by molar-refractivity contribution is 5.75. The van der Waals surface area contributed by atoms with Crippen LogP contribution in [0.3, 0.4) is 0 Å². The summed E-state index contributed by atoms with van der Waals surface area (Å²) in [5.41, 5.74) is 0. The lowest BCUT2D eigenvalue weighted by atomic mass is 10.1. The summed E-state index contributed by atoms with van der Waals surface area (Å²) in [5, 5.41) is 85.3. The molecule has 1 saturated heterocycles. The van der Waals surface area contributed by atoms with Crippen LogP contribution in [-0.2, 0) is 38.4 Å². The number of hydrogen-bond donors (Lipinski definition) is 4. The Morgan fingerprint density at radius 2 is 0.521 bits per heavy atom. The maximum Gasteiger partial charge on any atom is 0.303 e. The van der Waals surface area contributed by atoms with Crippen molar-refractivity contribution in [1.82, 2.24) is 19.6 Å². The van der Waals surface area contributed by atoms with Crippen molar-refractivity contribution in [3.05, 3.63) is 0 Å². The van der Waals surface area contributed by atoms with E-state index in [2.05, 4.69) is 0 Å². The minimum Gasteiger partial charge on any atom is -0.548 e. The molecule has 0 amide bonds. The van der Waals surface area contributed by atoms with Crippen molar-refractivity contribution in [2.75, 3.05) is 52.4 Å². The van der Waals surface area contributed by atoms with E-state index in [9.17, 15) is 58.8 Å². The van der Waals surface area contributed by atoms with Crippen LogP contribution in [0.15, 0.2) is 0 Å². The SMILES string of the molecule is O=C(O)CCC(C(=O)[O-])N1CCN(C(CCC(=O)O)C(=O)[O-])CCN(C(CCC(=O)O)C(=O)[O-])CCN(C(CCC(=O)O)C(=O)[O-])CC1. The van der Waals surface area contributed by atoms with Crippen molar-refractivity contribution in [2.45, 2.75) is 75.5 Å². The molecule has 0 aromatic heterocycles. The minimum atomic E-state index is -1.69. The Morgan fingerprint density at radius 3 is 0.625 bits per heavy atom. The van der Waals surface area contributed by atoms with Gasteiger partial charge >= 0.3 is 23.9 Å². The van der Waals surface area contributed by atoms with E-state index in [1.807, 2.05) is 0 Å². The fourth-order valence-corrected chi connectivity index (χ4v) is 5.56. The minimum absolute atomic E-state index is 0.309. The fourth-order valence-electron chi connectivity index (χ4n) is 5.56. The largest absolute Gasteiger partial charge is 0.548 e. The molecule has 0 aliphatic carbocycles. The maximum absolute atomic E-state index is 12.2. The molecule has 1 aliphatic heterocycles. The molecule has 4 unspecified atom stereocenters. The molecule has 0 aromatic rings. The average molecular weight is 689 g/mol. The third kappa shape index (κ3) is 15.0. The predicted molar refractivity (Wildman–Crippen MR) is 149 cm³/mol. The highest BCUT2D eigenvalue weighted by Crippen LogP contribution is 2.17. The highest BCUT2D eigenvalue weighted by Gasteiger charge is 2.30. The van der Waals surface area contributed by atoms with Crippen LogP contribution in [0, 0.1) is 0 Å².